The normalized spacial score (nSPS) is 19.1. The number of aryl methyl sites for hydroxylation is 1. The van der Waals surface area contributed by atoms with E-state index < -0.39 is 0 Å². The van der Waals surface area contributed by atoms with Crippen molar-refractivity contribution in [2.75, 3.05) is 24.5 Å². The quantitative estimate of drug-likeness (QED) is 0.857. The second-order valence-electron chi connectivity index (χ2n) is 5.80. The summed E-state index contributed by atoms with van der Waals surface area (Å²) in [6, 6.07) is 6.32. The number of hydrogen-bond acceptors (Lipinski definition) is 5. The lowest BCUT2D eigenvalue weighted by Crippen LogP contribution is -2.51. The van der Waals surface area contributed by atoms with Gasteiger partial charge < -0.3 is 4.90 Å². The topological polar surface area (TPSA) is 61.0 Å². The van der Waals surface area contributed by atoms with E-state index in [0.717, 1.165) is 32.0 Å². The predicted octanol–water partition coefficient (Wildman–Crippen LogP) is 1.40. The van der Waals surface area contributed by atoms with Crippen LogP contribution in [-0.2, 0) is 13.6 Å². The first-order chi connectivity index (χ1) is 10.7. The largest absolute Gasteiger partial charge is 0.354 e. The van der Waals surface area contributed by atoms with Crippen molar-refractivity contribution in [1.82, 2.24) is 19.7 Å². The summed E-state index contributed by atoms with van der Waals surface area (Å²) in [7, 11) is 1.95. The summed E-state index contributed by atoms with van der Waals surface area (Å²) in [4.78, 5) is 9.14. The van der Waals surface area contributed by atoms with Crippen LogP contribution in [0.1, 0.15) is 18.1 Å². The fraction of sp³-hybridized carbons (Fsp3) is 0.438. The van der Waals surface area contributed by atoms with Crippen LogP contribution in [0, 0.1) is 11.3 Å². The smallest absolute Gasteiger partial charge is 0.128 e. The molecule has 2 aromatic heterocycles. The zero-order valence-electron chi connectivity index (χ0n) is 13.0. The lowest BCUT2D eigenvalue weighted by Gasteiger charge is -2.40. The molecular formula is C16H20N6. The third-order valence-corrected chi connectivity index (χ3v) is 4.11. The molecule has 1 saturated heterocycles. The molecule has 0 bridgehead atoms. The van der Waals surface area contributed by atoms with Gasteiger partial charge in [0.25, 0.3) is 0 Å². The Morgan fingerprint density at radius 2 is 2.18 bits per heavy atom. The van der Waals surface area contributed by atoms with Gasteiger partial charge in [-0.05, 0) is 19.1 Å². The van der Waals surface area contributed by atoms with Crippen molar-refractivity contribution in [2.45, 2.75) is 19.5 Å². The SMILES string of the molecule is CC1CN(c2ccc(C#N)cn2)CCN1Cc1cnn(C)c1. The maximum absolute atomic E-state index is 8.84. The van der Waals surface area contributed by atoms with Crippen molar-refractivity contribution in [1.29, 1.82) is 5.26 Å². The second-order valence-corrected chi connectivity index (χ2v) is 5.80. The minimum Gasteiger partial charge on any atom is -0.354 e. The minimum atomic E-state index is 0.450. The highest BCUT2D eigenvalue weighted by molar-refractivity contribution is 5.42. The van der Waals surface area contributed by atoms with Crippen LogP contribution in [0.2, 0.25) is 0 Å². The van der Waals surface area contributed by atoms with Crippen LogP contribution in [0.4, 0.5) is 5.82 Å². The molecule has 3 heterocycles. The molecule has 1 aliphatic heterocycles. The van der Waals surface area contributed by atoms with Crippen molar-refractivity contribution < 1.29 is 0 Å². The Morgan fingerprint density at radius 1 is 1.32 bits per heavy atom. The molecule has 0 N–H and O–H groups in total. The third-order valence-electron chi connectivity index (χ3n) is 4.11. The first-order valence-corrected chi connectivity index (χ1v) is 7.48. The van der Waals surface area contributed by atoms with Gasteiger partial charge in [-0.2, -0.15) is 10.4 Å². The Kier molecular flexibility index (Phi) is 4.07. The summed E-state index contributed by atoms with van der Waals surface area (Å²) >= 11 is 0. The number of aromatic nitrogens is 3. The van der Waals surface area contributed by atoms with Gasteiger partial charge in [-0.15, -0.1) is 0 Å². The highest BCUT2D eigenvalue weighted by Crippen LogP contribution is 2.18. The van der Waals surface area contributed by atoms with Gasteiger partial charge in [0, 0.05) is 57.2 Å². The molecule has 0 amide bonds. The average molecular weight is 296 g/mol. The van der Waals surface area contributed by atoms with Crippen LogP contribution < -0.4 is 4.90 Å². The van der Waals surface area contributed by atoms with Gasteiger partial charge in [0.05, 0.1) is 11.8 Å². The number of piperazine rings is 1. The zero-order chi connectivity index (χ0) is 15.5. The Morgan fingerprint density at radius 3 is 2.77 bits per heavy atom. The average Bonchev–Trinajstić information content (AvgIpc) is 2.94. The highest BCUT2D eigenvalue weighted by atomic mass is 15.3. The number of anilines is 1. The molecule has 6 nitrogen and oxygen atoms in total. The van der Waals surface area contributed by atoms with E-state index in [2.05, 4.69) is 39.1 Å². The third kappa shape index (κ3) is 3.10. The van der Waals surface area contributed by atoms with Crippen molar-refractivity contribution in [3.8, 4) is 6.07 Å². The maximum Gasteiger partial charge on any atom is 0.128 e. The lowest BCUT2D eigenvalue weighted by molar-refractivity contribution is 0.180. The van der Waals surface area contributed by atoms with Crippen LogP contribution in [-0.4, -0.2) is 45.3 Å². The minimum absolute atomic E-state index is 0.450. The van der Waals surface area contributed by atoms with Crippen LogP contribution in [0.3, 0.4) is 0 Å². The van der Waals surface area contributed by atoms with Crippen molar-refractivity contribution in [3.63, 3.8) is 0 Å². The molecule has 2 aromatic rings. The van der Waals surface area contributed by atoms with Crippen molar-refractivity contribution in [2.24, 2.45) is 7.05 Å². The van der Waals surface area contributed by atoms with E-state index >= 15 is 0 Å². The van der Waals surface area contributed by atoms with Crippen LogP contribution in [0.15, 0.2) is 30.7 Å². The van der Waals surface area contributed by atoms with Crippen molar-refractivity contribution >= 4 is 5.82 Å². The summed E-state index contributed by atoms with van der Waals surface area (Å²) in [5, 5.41) is 13.1. The van der Waals surface area contributed by atoms with Crippen LogP contribution >= 0.6 is 0 Å². The lowest BCUT2D eigenvalue weighted by atomic mass is 10.1. The number of hydrogen-bond donors (Lipinski definition) is 0. The molecule has 1 fully saturated rings. The Labute approximate surface area is 130 Å². The highest BCUT2D eigenvalue weighted by Gasteiger charge is 2.24. The number of nitrogens with zero attached hydrogens (tertiary/aromatic N) is 6. The Bertz CT molecular complexity index is 669. The number of rotatable bonds is 3. The van der Waals surface area contributed by atoms with Gasteiger partial charge in [-0.3, -0.25) is 9.58 Å². The number of nitriles is 1. The summed E-state index contributed by atoms with van der Waals surface area (Å²) in [5.41, 5.74) is 1.85. The molecule has 0 spiro atoms. The van der Waals surface area contributed by atoms with Gasteiger partial charge >= 0.3 is 0 Å². The van der Waals surface area contributed by atoms with E-state index in [0.29, 0.717) is 11.6 Å². The standard InChI is InChI=1S/C16H20N6/c1-13-10-22(16-4-3-14(7-17)8-18-16)6-5-21(13)12-15-9-19-20(2)11-15/h3-4,8-9,11,13H,5-6,10,12H2,1-2H3. The molecule has 1 unspecified atom stereocenters. The van der Waals surface area contributed by atoms with Gasteiger partial charge in [-0.1, -0.05) is 0 Å². The molecular weight excluding hydrogens is 276 g/mol. The first kappa shape index (κ1) is 14.5. The molecule has 0 aliphatic carbocycles. The number of pyridine rings is 1. The van der Waals surface area contributed by atoms with Crippen molar-refractivity contribution in [3.05, 3.63) is 41.9 Å². The molecule has 1 aliphatic rings. The zero-order valence-corrected chi connectivity index (χ0v) is 13.0. The molecule has 3 rings (SSSR count). The fourth-order valence-electron chi connectivity index (χ4n) is 2.87. The Hall–Kier alpha value is -2.39. The van der Waals surface area contributed by atoms with Gasteiger partial charge in [-0.25, -0.2) is 4.98 Å². The van der Waals surface area contributed by atoms with E-state index in [4.69, 9.17) is 5.26 Å². The molecule has 0 saturated carbocycles. The van der Waals surface area contributed by atoms with Crippen LogP contribution in [0.5, 0.6) is 0 Å². The summed E-state index contributed by atoms with van der Waals surface area (Å²) < 4.78 is 1.84. The van der Waals surface area contributed by atoms with Gasteiger partial charge in [0.1, 0.15) is 11.9 Å². The molecule has 0 radical (unpaired) electrons. The van der Waals surface area contributed by atoms with E-state index in [9.17, 15) is 0 Å². The van der Waals surface area contributed by atoms with Gasteiger partial charge in [0.2, 0.25) is 0 Å². The summed E-state index contributed by atoms with van der Waals surface area (Å²) in [5.74, 6) is 0.951. The first-order valence-electron chi connectivity index (χ1n) is 7.48. The van der Waals surface area contributed by atoms with E-state index in [1.807, 2.05) is 30.1 Å². The monoisotopic (exact) mass is 296 g/mol. The van der Waals surface area contributed by atoms with E-state index in [1.165, 1.54) is 5.56 Å². The fourth-order valence-corrected chi connectivity index (χ4v) is 2.87. The van der Waals surface area contributed by atoms with Crippen LogP contribution in [0.25, 0.3) is 0 Å². The molecule has 0 aromatic carbocycles. The molecule has 6 heteroatoms. The van der Waals surface area contributed by atoms with E-state index in [1.54, 1.807) is 6.20 Å². The maximum atomic E-state index is 8.84. The van der Waals surface area contributed by atoms with Gasteiger partial charge in [0.15, 0.2) is 0 Å². The molecule has 1 atom stereocenters. The second kappa shape index (κ2) is 6.16. The molecule has 114 valence electrons. The summed E-state index contributed by atoms with van der Waals surface area (Å²) in [6.45, 7) is 6.07. The van der Waals surface area contributed by atoms with E-state index in [-0.39, 0.29) is 0 Å². The predicted molar refractivity (Wildman–Crippen MR) is 84.2 cm³/mol. The Balaban J connectivity index is 1.62. The summed E-state index contributed by atoms with van der Waals surface area (Å²) in [6.07, 6.45) is 5.64. The molecule has 22 heavy (non-hydrogen) atoms.